The summed E-state index contributed by atoms with van der Waals surface area (Å²) in [6.07, 6.45) is 1.14. The SMILES string of the molecule is NCCOc1ncc([N+](=O)[O-])cc1Br. The van der Waals surface area contributed by atoms with Crippen molar-refractivity contribution in [3.63, 3.8) is 0 Å². The Hall–Kier alpha value is -1.21. The van der Waals surface area contributed by atoms with Gasteiger partial charge in [0.05, 0.1) is 9.40 Å². The summed E-state index contributed by atoms with van der Waals surface area (Å²) in [5.74, 6) is 0.307. The van der Waals surface area contributed by atoms with Gasteiger partial charge in [-0.25, -0.2) is 4.98 Å². The molecule has 0 fully saturated rings. The minimum atomic E-state index is -0.523. The van der Waals surface area contributed by atoms with E-state index in [-0.39, 0.29) is 5.69 Å². The molecule has 1 rings (SSSR count). The summed E-state index contributed by atoms with van der Waals surface area (Å²) < 4.78 is 5.56. The van der Waals surface area contributed by atoms with Crippen molar-refractivity contribution in [2.24, 2.45) is 5.73 Å². The minimum Gasteiger partial charge on any atom is -0.476 e. The van der Waals surface area contributed by atoms with Gasteiger partial charge in [-0.3, -0.25) is 10.1 Å². The summed E-state index contributed by atoms with van der Waals surface area (Å²) in [6.45, 7) is 0.689. The number of ether oxygens (including phenoxy) is 1. The van der Waals surface area contributed by atoms with Gasteiger partial charge >= 0.3 is 0 Å². The van der Waals surface area contributed by atoms with Crippen LogP contribution in [0.25, 0.3) is 0 Å². The van der Waals surface area contributed by atoms with Crippen LogP contribution in [0.15, 0.2) is 16.7 Å². The highest BCUT2D eigenvalue weighted by atomic mass is 79.9. The first-order valence-corrected chi connectivity index (χ1v) is 4.57. The van der Waals surface area contributed by atoms with Gasteiger partial charge in [0.1, 0.15) is 12.8 Å². The van der Waals surface area contributed by atoms with Gasteiger partial charge < -0.3 is 10.5 Å². The molecule has 1 aromatic heterocycles. The number of aromatic nitrogens is 1. The van der Waals surface area contributed by atoms with Crippen molar-refractivity contribution in [1.29, 1.82) is 0 Å². The van der Waals surface area contributed by atoms with Gasteiger partial charge in [0.15, 0.2) is 0 Å². The molecule has 7 heteroatoms. The molecule has 1 aromatic rings. The van der Waals surface area contributed by atoms with Gasteiger partial charge in [0.2, 0.25) is 5.88 Å². The van der Waals surface area contributed by atoms with Gasteiger partial charge in [-0.1, -0.05) is 0 Å². The Morgan fingerprint density at radius 1 is 1.71 bits per heavy atom. The average Bonchev–Trinajstić information content (AvgIpc) is 2.15. The highest BCUT2D eigenvalue weighted by Gasteiger charge is 2.10. The summed E-state index contributed by atoms with van der Waals surface area (Å²) in [5, 5.41) is 10.4. The number of halogens is 1. The van der Waals surface area contributed by atoms with E-state index in [1.54, 1.807) is 0 Å². The standard InChI is InChI=1S/C7H8BrN3O3/c8-6-3-5(11(12)13)4-10-7(6)14-2-1-9/h3-4H,1-2,9H2. The van der Waals surface area contributed by atoms with Crippen LogP contribution in [0.1, 0.15) is 0 Å². The first-order chi connectivity index (χ1) is 6.65. The van der Waals surface area contributed by atoms with E-state index in [0.29, 0.717) is 23.5 Å². The van der Waals surface area contributed by atoms with Crippen molar-refractivity contribution in [1.82, 2.24) is 4.98 Å². The molecule has 0 saturated heterocycles. The number of nitrogens with zero attached hydrogens (tertiary/aromatic N) is 2. The first-order valence-electron chi connectivity index (χ1n) is 3.78. The predicted molar refractivity (Wildman–Crippen MR) is 53.1 cm³/mol. The number of hydrogen-bond donors (Lipinski definition) is 1. The van der Waals surface area contributed by atoms with E-state index in [1.807, 2.05) is 0 Å². The molecule has 76 valence electrons. The van der Waals surface area contributed by atoms with Crippen LogP contribution in [0.4, 0.5) is 5.69 Å². The molecule has 14 heavy (non-hydrogen) atoms. The Kier molecular flexibility index (Phi) is 3.78. The van der Waals surface area contributed by atoms with Crippen LogP contribution in [0, 0.1) is 10.1 Å². The lowest BCUT2D eigenvalue weighted by Crippen LogP contribution is -2.11. The van der Waals surface area contributed by atoms with Crippen LogP contribution < -0.4 is 10.5 Å². The van der Waals surface area contributed by atoms with E-state index in [9.17, 15) is 10.1 Å². The van der Waals surface area contributed by atoms with E-state index in [0.717, 1.165) is 6.20 Å². The molecule has 0 aromatic carbocycles. The Morgan fingerprint density at radius 2 is 2.43 bits per heavy atom. The molecule has 0 aliphatic carbocycles. The first kappa shape index (κ1) is 10.9. The van der Waals surface area contributed by atoms with Crippen LogP contribution in [0.2, 0.25) is 0 Å². The zero-order valence-corrected chi connectivity index (χ0v) is 8.73. The van der Waals surface area contributed by atoms with Crippen molar-refractivity contribution in [2.45, 2.75) is 0 Å². The summed E-state index contributed by atoms with van der Waals surface area (Å²) in [6, 6.07) is 1.33. The van der Waals surface area contributed by atoms with E-state index in [4.69, 9.17) is 10.5 Å². The molecule has 0 unspecified atom stereocenters. The van der Waals surface area contributed by atoms with Gasteiger partial charge in [-0.05, 0) is 15.9 Å². The fraction of sp³-hybridized carbons (Fsp3) is 0.286. The molecule has 0 saturated carbocycles. The second-order valence-electron chi connectivity index (χ2n) is 2.37. The van der Waals surface area contributed by atoms with E-state index in [2.05, 4.69) is 20.9 Å². The van der Waals surface area contributed by atoms with Crippen molar-refractivity contribution < 1.29 is 9.66 Å². The highest BCUT2D eigenvalue weighted by Crippen LogP contribution is 2.25. The zero-order valence-electron chi connectivity index (χ0n) is 7.14. The number of nitrogens with two attached hydrogens (primary N) is 1. The molecule has 0 bridgehead atoms. The summed E-state index contributed by atoms with van der Waals surface area (Å²) in [7, 11) is 0. The average molecular weight is 262 g/mol. The molecule has 0 atom stereocenters. The third-order valence-electron chi connectivity index (χ3n) is 1.36. The van der Waals surface area contributed by atoms with Gasteiger partial charge in [0, 0.05) is 12.6 Å². The largest absolute Gasteiger partial charge is 0.476 e. The second kappa shape index (κ2) is 4.87. The highest BCUT2D eigenvalue weighted by molar-refractivity contribution is 9.10. The maximum Gasteiger partial charge on any atom is 0.288 e. The lowest BCUT2D eigenvalue weighted by molar-refractivity contribution is -0.385. The van der Waals surface area contributed by atoms with Crippen LogP contribution in [-0.2, 0) is 0 Å². The van der Waals surface area contributed by atoms with Crippen molar-refractivity contribution >= 4 is 21.6 Å². The second-order valence-corrected chi connectivity index (χ2v) is 3.23. The summed E-state index contributed by atoms with van der Waals surface area (Å²) in [5.41, 5.74) is 5.14. The lowest BCUT2D eigenvalue weighted by atomic mass is 10.4. The number of nitro groups is 1. The van der Waals surface area contributed by atoms with Crippen LogP contribution in [-0.4, -0.2) is 23.1 Å². The Balaban J connectivity index is 2.84. The lowest BCUT2D eigenvalue weighted by Gasteiger charge is -2.04. The Labute approximate surface area is 88.4 Å². The third-order valence-corrected chi connectivity index (χ3v) is 1.93. The molecule has 0 spiro atoms. The topological polar surface area (TPSA) is 91.3 Å². The summed E-state index contributed by atoms with van der Waals surface area (Å²) >= 11 is 3.11. The van der Waals surface area contributed by atoms with Crippen LogP contribution >= 0.6 is 15.9 Å². The molecule has 1 heterocycles. The van der Waals surface area contributed by atoms with Crippen molar-refractivity contribution in [3.05, 3.63) is 26.9 Å². The van der Waals surface area contributed by atoms with Gasteiger partial charge in [-0.15, -0.1) is 0 Å². The normalized spacial score (nSPS) is 9.86. The summed E-state index contributed by atoms with van der Waals surface area (Å²) in [4.78, 5) is 13.6. The molecular formula is C7H8BrN3O3. The molecule has 0 aliphatic rings. The molecule has 6 nitrogen and oxygen atoms in total. The number of rotatable bonds is 4. The van der Waals surface area contributed by atoms with E-state index >= 15 is 0 Å². The number of hydrogen-bond acceptors (Lipinski definition) is 5. The monoisotopic (exact) mass is 261 g/mol. The molecule has 0 radical (unpaired) electrons. The maximum absolute atomic E-state index is 10.4. The zero-order chi connectivity index (χ0) is 10.6. The molecular weight excluding hydrogens is 254 g/mol. The predicted octanol–water partition coefficient (Wildman–Crippen LogP) is 1.09. The molecule has 2 N–H and O–H groups in total. The van der Waals surface area contributed by atoms with Crippen molar-refractivity contribution in [3.8, 4) is 5.88 Å². The van der Waals surface area contributed by atoms with Gasteiger partial charge in [0.25, 0.3) is 5.69 Å². The van der Waals surface area contributed by atoms with E-state index < -0.39 is 4.92 Å². The Bertz CT molecular complexity index is 345. The fourth-order valence-electron chi connectivity index (χ4n) is 0.777. The molecule has 0 amide bonds. The number of pyridine rings is 1. The van der Waals surface area contributed by atoms with Crippen LogP contribution in [0.3, 0.4) is 0 Å². The van der Waals surface area contributed by atoms with Crippen molar-refractivity contribution in [2.75, 3.05) is 13.2 Å². The smallest absolute Gasteiger partial charge is 0.288 e. The fourth-order valence-corrected chi connectivity index (χ4v) is 1.23. The quantitative estimate of drug-likeness (QED) is 0.647. The third kappa shape index (κ3) is 2.64. The maximum atomic E-state index is 10.4. The van der Waals surface area contributed by atoms with Crippen LogP contribution in [0.5, 0.6) is 5.88 Å². The Morgan fingerprint density at radius 3 is 2.93 bits per heavy atom. The van der Waals surface area contributed by atoms with Gasteiger partial charge in [-0.2, -0.15) is 0 Å². The van der Waals surface area contributed by atoms with E-state index in [1.165, 1.54) is 6.07 Å². The molecule has 0 aliphatic heterocycles. The minimum absolute atomic E-state index is 0.0861.